The van der Waals surface area contributed by atoms with E-state index in [9.17, 15) is 9.59 Å². The van der Waals surface area contributed by atoms with Crippen LogP contribution < -0.4 is 10.9 Å². The fourth-order valence-corrected chi connectivity index (χ4v) is 2.60. The van der Waals surface area contributed by atoms with Crippen molar-refractivity contribution >= 4 is 46.0 Å². The Labute approximate surface area is 146 Å². The number of nitrogens with one attached hydrogen (secondary N) is 1. The lowest BCUT2D eigenvalue weighted by Crippen LogP contribution is -2.28. The van der Waals surface area contributed by atoms with Crippen molar-refractivity contribution in [2.45, 2.75) is 11.7 Å². The number of benzene rings is 1. The number of anilines is 1. The van der Waals surface area contributed by atoms with E-state index in [1.165, 1.54) is 28.9 Å². The van der Waals surface area contributed by atoms with E-state index in [1.54, 1.807) is 24.3 Å². The minimum Gasteiger partial charge on any atom is -0.324 e. The first-order valence-electron chi connectivity index (χ1n) is 6.88. The number of fused-ring (bicyclic) bond motifs is 1. The largest absolute Gasteiger partial charge is 0.324 e. The number of rotatable bonds is 4. The lowest BCUT2D eigenvalue weighted by molar-refractivity contribution is -0.116. The van der Waals surface area contributed by atoms with Gasteiger partial charge in [0.15, 0.2) is 10.8 Å². The second kappa shape index (κ2) is 6.98. The zero-order chi connectivity index (χ0) is 17.1. The van der Waals surface area contributed by atoms with E-state index >= 15 is 0 Å². The summed E-state index contributed by atoms with van der Waals surface area (Å²) in [5.41, 5.74) is 0.502. The number of aromatic nitrogens is 4. The lowest BCUT2D eigenvalue weighted by Gasteiger charge is -2.08. The molecule has 0 fully saturated rings. The Morgan fingerprint density at radius 3 is 2.96 bits per heavy atom. The third-order valence-corrected chi connectivity index (χ3v) is 3.96. The van der Waals surface area contributed by atoms with Gasteiger partial charge in [-0.1, -0.05) is 29.4 Å². The highest BCUT2D eigenvalue weighted by atomic mass is 35.5. The molecule has 0 radical (unpaired) electrons. The summed E-state index contributed by atoms with van der Waals surface area (Å²) < 4.78 is 1.21. The predicted molar refractivity (Wildman–Crippen MR) is 93.5 cm³/mol. The molecule has 0 atom stereocenters. The van der Waals surface area contributed by atoms with Crippen molar-refractivity contribution in [1.29, 1.82) is 0 Å². The van der Waals surface area contributed by atoms with Crippen molar-refractivity contribution in [3.63, 3.8) is 0 Å². The van der Waals surface area contributed by atoms with Crippen molar-refractivity contribution < 1.29 is 4.79 Å². The number of halogens is 1. The van der Waals surface area contributed by atoms with Crippen molar-refractivity contribution in [1.82, 2.24) is 19.5 Å². The Kier molecular flexibility index (Phi) is 4.77. The van der Waals surface area contributed by atoms with E-state index in [4.69, 9.17) is 11.6 Å². The Balaban J connectivity index is 1.83. The van der Waals surface area contributed by atoms with Gasteiger partial charge in [0.25, 0.3) is 5.56 Å². The number of amides is 1. The Morgan fingerprint density at radius 2 is 2.21 bits per heavy atom. The van der Waals surface area contributed by atoms with Crippen LogP contribution >= 0.6 is 23.4 Å². The topological polar surface area (TPSA) is 89.8 Å². The Morgan fingerprint density at radius 1 is 1.38 bits per heavy atom. The fraction of sp³-hybridized carbons (Fsp3) is 0.133. The molecule has 24 heavy (non-hydrogen) atoms. The molecule has 122 valence electrons. The van der Waals surface area contributed by atoms with Crippen LogP contribution in [0.1, 0.15) is 0 Å². The second-order valence-corrected chi connectivity index (χ2v) is 6.04. The summed E-state index contributed by atoms with van der Waals surface area (Å²) in [6, 6.07) is 6.77. The van der Waals surface area contributed by atoms with Gasteiger partial charge in [0.2, 0.25) is 5.91 Å². The number of thioether (sulfide) groups is 1. The molecule has 2 aromatic heterocycles. The van der Waals surface area contributed by atoms with Gasteiger partial charge in [0, 0.05) is 16.9 Å². The van der Waals surface area contributed by atoms with Gasteiger partial charge in [-0.3, -0.25) is 14.2 Å². The molecular formula is C15H12ClN5O2S. The highest BCUT2D eigenvalue weighted by Crippen LogP contribution is 2.15. The molecule has 0 aliphatic heterocycles. The van der Waals surface area contributed by atoms with Crippen LogP contribution in [0, 0.1) is 0 Å². The summed E-state index contributed by atoms with van der Waals surface area (Å²) in [4.78, 5) is 36.9. The summed E-state index contributed by atoms with van der Waals surface area (Å²) in [6.45, 7) is -0.168. The molecule has 0 spiro atoms. The number of hydrogen-bond acceptors (Lipinski definition) is 6. The van der Waals surface area contributed by atoms with Crippen molar-refractivity contribution in [3.8, 4) is 0 Å². The molecule has 1 amide bonds. The maximum Gasteiger partial charge on any atom is 0.264 e. The summed E-state index contributed by atoms with van der Waals surface area (Å²) in [5.74, 6) is -0.359. The Hall–Kier alpha value is -2.45. The molecule has 1 N–H and O–H groups in total. The smallest absolute Gasteiger partial charge is 0.264 e. The highest BCUT2D eigenvalue weighted by Gasteiger charge is 2.10. The molecule has 0 aliphatic rings. The maximum absolute atomic E-state index is 12.4. The van der Waals surface area contributed by atoms with Crippen molar-refractivity contribution in [3.05, 3.63) is 52.2 Å². The molecule has 2 heterocycles. The fourth-order valence-electron chi connectivity index (χ4n) is 2.07. The van der Waals surface area contributed by atoms with E-state index in [0.29, 0.717) is 21.5 Å². The van der Waals surface area contributed by atoms with Gasteiger partial charge in [-0.25, -0.2) is 15.0 Å². The van der Waals surface area contributed by atoms with Crippen LogP contribution in [0.3, 0.4) is 0 Å². The molecule has 3 rings (SSSR count). The zero-order valence-electron chi connectivity index (χ0n) is 12.6. The minimum atomic E-state index is -0.367. The number of nitrogens with zero attached hydrogens (tertiary/aromatic N) is 4. The predicted octanol–water partition coefficient (Wildman–Crippen LogP) is 2.20. The van der Waals surface area contributed by atoms with Gasteiger partial charge in [-0.2, -0.15) is 0 Å². The number of carbonyl (C=O) groups is 1. The van der Waals surface area contributed by atoms with E-state index < -0.39 is 0 Å². The van der Waals surface area contributed by atoms with Crippen LogP contribution in [0.15, 0.2) is 46.7 Å². The van der Waals surface area contributed by atoms with Gasteiger partial charge < -0.3 is 5.32 Å². The maximum atomic E-state index is 12.4. The summed E-state index contributed by atoms with van der Waals surface area (Å²) >= 11 is 7.23. The zero-order valence-corrected chi connectivity index (χ0v) is 14.1. The summed E-state index contributed by atoms with van der Waals surface area (Å²) in [5, 5.41) is 3.99. The quantitative estimate of drug-likeness (QED) is 0.566. The normalized spacial score (nSPS) is 10.8. The monoisotopic (exact) mass is 361 g/mol. The Bertz CT molecular complexity index is 975. The van der Waals surface area contributed by atoms with E-state index in [-0.39, 0.29) is 23.4 Å². The molecule has 0 unspecified atom stereocenters. The second-order valence-electron chi connectivity index (χ2n) is 4.83. The van der Waals surface area contributed by atoms with Gasteiger partial charge in [0.1, 0.15) is 18.3 Å². The molecule has 0 bridgehead atoms. The van der Waals surface area contributed by atoms with Crippen LogP contribution in [0.4, 0.5) is 5.69 Å². The number of hydrogen-bond donors (Lipinski definition) is 1. The van der Waals surface area contributed by atoms with Gasteiger partial charge in [0.05, 0.1) is 0 Å². The van der Waals surface area contributed by atoms with E-state index in [0.717, 1.165) is 0 Å². The minimum absolute atomic E-state index is 0.168. The SMILES string of the molecule is CSc1ncc2c(=O)n(CC(=O)Nc3cccc(Cl)c3)cnc2n1. The lowest BCUT2D eigenvalue weighted by atomic mass is 10.3. The van der Waals surface area contributed by atoms with E-state index in [2.05, 4.69) is 20.3 Å². The van der Waals surface area contributed by atoms with Crippen LogP contribution in [0.25, 0.3) is 11.0 Å². The molecule has 0 aliphatic carbocycles. The highest BCUT2D eigenvalue weighted by molar-refractivity contribution is 7.98. The average Bonchev–Trinajstić information content (AvgIpc) is 2.57. The number of carbonyl (C=O) groups excluding carboxylic acids is 1. The first kappa shape index (κ1) is 16.4. The third kappa shape index (κ3) is 3.55. The summed E-state index contributed by atoms with van der Waals surface area (Å²) in [7, 11) is 0. The van der Waals surface area contributed by atoms with Crippen molar-refractivity contribution in [2.75, 3.05) is 11.6 Å². The third-order valence-electron chi connectivity index (χ3n) is 3.16. The standard InChI is InChI=1S/C15H12ClN5O2S/c1-24-15-17-6-11-13(20-15)18-8-21(14(11)23)7-12(22)19-10-4-2-3-9(16)5-10/h2-6,8H,7H2,1H3,(H,19,22). The summed E-state index contributed by atoms with van der Waals surface area (Å²) in [6.07, 6.45) is 4.57. The molecule has 0 saturated heterocycles. The molecule has 1 aromatic carbocycles. The molecule has 7 nitrogen and oxygen atoms in total. The first-order valence-corrected chi connectivity index (χ1v) is 8.48. The molecule has 0 saturated carbocycles. The van der Waals surface area contributed by atoms with Crippen molar-refractivity contribution in [2.24, 2.45) is 0 Å². The molecule has 9 heteroatoms. The van der Waals surface area contributed by atoms with Gasteiger partial charge in [-0.05, 0) is 24.5 Å². The van der Waals surface area contributed by atoms with E-state index in [1.807, 2.05) is 6.26 Å². The van der Waals surface area contributed by atoms with Gasteiger partial charge in [-0.15, -0.1) is 0 Å². The van der Waals surface area contributed by atoms with Crippen LogP contribution in [0.5, 0.6) is 0 Å². The molecular weight excluding hydrogens is 350 g/mol. The molecule has 3 aromatic rings. The van der Waals surface area contributed by atoms with Crippen LogP contribution in [-0.4, -0.2) is 31.7 Å². The first-order chi connectivity index (χ1) is 11.6. The van der Waals surface area contributed by atoms with Crippen LogP contribution in [0.2, 0.25) is 5.02 Å². The van der Waals surface area contributed by atoms with Crippen LogP contribution in [-0.2, 0) is 11.3 Å². The average molecular weight is 362 g/mol. The van der Waals surface area contributed by atoms with Gasteiger partial charge >= 0.3 is 0 Å².